The molecule has 21 heavy (non-hydrogen) atoms. The van der Waals surface area contributed by atoms with E-state index in [0.717, 1.165) is 11.1 Å². The lowest BCUT2D eigenvalue weighted by Gasteiger charge is -2.34. The lowest BCUT2D eigenvalue weighted by atomic mass is 9.81. The first-order valence-electron chi connectivity index (χ1n) is 7.00. The van der Waals surface area contributed by atoms with E-state index in [1.165, 1.54) is 0 Å². The zero-order valence-corrected chi connectivity index (χ0v) is 11.2. The van der Waals surface area contributed by atoms with Crippen LogP contribution in [-0.4, -0.2) is 22.5 Å². The third-order valence-electron chi connectivity index (χ3n) is 4.99. The SMILES string of the molecule is N#CC1(C#N)[C@@H]2CCC(=O)[C@@H]2C2c3ccccc3C=NN21. The molecule has 1 saturated carbocycles. The number of nitriles is 2. The fourth-order valence-corrected chi connectivity index (χ4v) is 4.08. The van der Waals surface area contributed by atoms with E-state index in [2.05, 4.69) is 17.2 Å². The molecular formula is C16H12N4O. The summed E-state index contributed by atoms with van der Waals surface area (Å²) in [5.74, 6) is -0.412. The summed E-state index contributed by atoms with van der Waals surface area (Å²) in [4.78, 5) is 12.3. The molecule has 1 unspecified atom stereocenters. The van der Waals surface area contributed by atoms with Crippen LogP contribution in [0.2, 0.25) is 0 Å². The van der Waals surface area contributed by atoms with Crippen LogP contribution in [0.25, 0.3) is 0 Å². The number of nitrogens with zero attached hydrogens (tertiary/aromatic N) is 4. The second-order valence-corrected chi connectivity index (χ2v) is 5.79. The maximum Gasteiger partial charge on any atom is 0.233 e. The van der Waals surface area contributed by atoms with Gasteiger partial charge in [-0.2, -0.15) is 15.6 Å². The molecule has 1 aromatic carbocycles. The summed E-state index contributed by atoms with van der Waals surface area (Å²) in [6.45, 7) is 0. The first-order valence-corrected chi connectivity index (χ1v) is 7.00. The third kappa shape index (κ3) is 1.29. The molecule has 5 heteroatoms. The summed E-state index contributed by atoms with van der Waals surface area (Å²) < 4.78 is 0. The Kier molecular flexibility index (Phi) is 2.26. The molecule has 3 atom stereocenters. The standard InChI is InChI=1S/C16H12N4O/c17-8-16(9-18)12-5-6-13(21)14(12)15-11-4-2-1-3-10(11)7-19-20(15)16/h1-4,7,12,14-15H,5-6H2/t12-,14-,15?/m1/s1. The largest absolute Gasteiger partial charge is 0.299 e. The van der Waals surface area contributed by atoms with Gasteiger partial charge < -0.3 is 0 Å². The molecule has 0 spiro atoms. The Labute approximate surface area is 122 Å². The Balaban J connectivity index is 1.97. The molecule has 0 radical (unpaired) electrons. The van der Waals surface area contributed by atoms with Crippen LogP contribution in [0.15, 0.2) is 29.4 Å². The lowest BCUT2D eigenvalue weighted by Crippen LogP contribution is -2.44. The summed E-state index contributed by atoms with van der Waals surface area (Å²) in [6.07, 6.45) is 2.73. The summed E-state index contributed by atoms with van der Waals surface area (Å²) in [5, 5.41) is 25.2. The molecule has 5 nitrogen and oxygen atoms in total. The predicted octanol–water partition coefficient (Wildman–Crippen LogP) is 1.77. The highest BCUT2D eigenvalue weighted by atomic mass is 16.1. The number of benzene rings is 1. The number of hydrogen-bond donors (Lipinski definition) is 0. The van der Waals surface area contributed by atoms with E-state index < -0.39 is 5.54 Å². The van der Waals surface area contributed by atoms with E-state index in [1.54, 1.807) is 11.2 Å². The van der Waals surface area contributed by atoms with Gasteiger partial charge >= 0.3 is 0 Å². The minimum Gasteiger partial charge on any atom is -0.299 e. The molecule has 102 valence electrons. The van der Waals surface area contributed by atoms with E-state index in [0.29, 0.717) is 12.8 Å². The van der Waals surface area contributed by atoms with Crippen LogP contribution < -0.4 is 0 Å². The summed E-state index contributed by atoms with van der Waals surface area (Å²) in [5.41, 5.74) is 0.625. The van der Waals surface area contributed by atoms with E-state index in [-0.39, 0.29) is 23.7 Å². The molecule has 1 aliphatic carbocycles. The van der Waals surface area contributed by atoms with Crippen LogP contribution in [0, 0.1) is 34.5 Å². The Morgan fingerprint density at radius 3 is 2.81 bits per heavy atom. The van der Waals surface area contributed by atoms with Crippen LogP contribution in [-0.2, 0) is 4.79 Å². The van der Waals surface area contributed by atoms with Gasteiger partial charge in [-0.15, -0.1) is 0 Å². The highest BCUT2D eigenvalue weighted by Crippen LogP contribution is 2.57. The molecule has 2 fully saturated rings. The number of ketones is 1. The number of carbonyl (C=O) groups excluding carboxylic acids is 1. The minimum atomic E-state index is -1.33. The molecule has 1 saturated heterocycles. The maximum absolute atomic E-state index is 12.3. The normalized spacial score (nSPS) is 31.0. The van der Waals surface area contributed by atoms with Gasteiger partial charge in [0, 0.05) is 12.3 Å². The summed E-state index contributed by atoms with van der Waals surface area (Å²) >= 11 is 0. The van der Waals surface area contributed by atoms with Gasteiger partial charge in [-0.05, 0) is 17.5 Å². The molecule has 1 aromatic rings. The number of fused-ring (bicyclic) bond motifs is 5. The van der Waals surface area contributed by atoms with Crippen molar-refractivity contribution in [2.75, 3.05) is 0 Å². The molecule has 2 heterocycles. The molecule has 0 bridgehead atoms. The van der Waals surface area contributed by atoms with Crippen molar-refractivity contribution in [3.8, 4) is 12.1 Å². The van der Waals surface area contributed by atoms with Gasteiger partial charge in [0.1, 0.15) is 17.9 Å². The van der Waals surface area contributed by atoms with Gasteiger partial charge in [0.05, 0.1) is 18.2 Å². The van der Waals surface area contributed by atoms with Crippen LogP contribution in [0.1, 0.15) is 30.0 Å². The van der Waals surface area contributed by atoms with Crippen molar-refractivity contribution in [3.63, 3.8) is 0 Å². The zero-order valence-electron chi connectivity index (χ0n) is 11.2. The average Bonchev–Trinajstić information content (AvgIpc) is 3.04. The molecule has 0 N–H and O–H groups in total. The number of Topliss-reactive ketones (excluding diaryl/α,β-unsaturated/α-hetero) is 1. The van der Waals surface area contributed by atoms with Crippen LogP contribution in [0.4, 0.5) is 0 Å². The number of hydrazone groups is 1. The Hall–Kier alpha value is -2.66. The molecule has 4 rings (SSSR count). The monoisotopic (exact) mass is 276 g/mol. The minimum absolute atomic E-state index is 0.147. The van der Waals surface area contributed by atoms with Gasteiger partial charge in [0.25, 0.3) is 0 Å². The Morgan fingerprint density at radius 1 is 1.29 bits per heavy atom. The second-order valence-electron chi connectivity index (χ2n) is 5.79. The topological polar surface area (TPSA) is 80.2 Å². The average molecular weight is 276 g/mol. The smallest absolute Gasteiger partial charge is 0.233 e. The molecular weight excluding hydrogens is 264 g/mol. The van der Waals surface area contributed by atoms with Crippen molar-refractivity contribution in [1.29, 1.82) is 10.5 Å². The van der Waals surface area contributed by atoms with Crippen molar-refractivity contribution in [2.24, 2.45) is 16.9 Å². The maximum atomic E-state index is 12.3. The molecule has 2 aliphatic heterocycles. The quantitative estimate of drug-likeness (QED) is 0.723. The van der Waals surface area contributed by atoms with Gasteiger partial charge in [-0.1, -0.05) is 24.3 Å². The van der Waals surface area contributed by atoms with E-state index in [4.69, 9.17) is 0 Å². The van der Waals surface area contributed by atoms with Crippen molar-refractivity contribution in [1.82, 2.24) is 5.01 Å². The van der Waals surface area contributed by atoms with E-state index >= 15 is 0 Å². The van der Waals surface area contributed by atoms with Gasteiger partial charge in [-0.25, -0.2) is 0 Å². The number of rotatable bonds is 0. The zero-order chi connectivity index (χ0) is 14.6. The van der Waals surface area contributed by atoms with Gasteiger partial charge in [-0.3, -0.25) is 9.80 Å². The van der Waals surface area contributed by atoms with E-state index in [1.807, 2.05) is 24.3 Å². The summed E-state index contributed by atoms with van der Waals surface area (Å²) in [7, 11) is 0. The fourth-order valence-electron chi connectivity index (χ4n) is 4.08. The van der Waals surface area contributed by atoms with E-state index in [9.17, 15) is 15.3 Å². The molecule has 3 aliphatic rings. The molecule has 0 amide bonds. The van der Waals surface area contributed by atoms with Gasteiger partial charge in [0.15, 0.2) is 0 Å². The molecule has 0 aromatic heterocycles. The predicted molar refractivity (Wildman–Crippen MR) is 73.8 cm³/mol. The van der Waals surface area contributed by atoms with Crippen LogP contribution in [0.5, 0.6) is 0 Å². The summed E-state index contributed by atoms with van der Waals surface area (Å²) in [6, 6.07) is 11.8. The van der Waals surface area contributed by atoms with Crippen molar-refractivity contribution < 1.29 is 4.79 Å². The number of hydrogen-bond acceptors (Lipinski definition) is 5. The second kappa shape index (κ2) is 3.93. The first kappa shape index (κ1) is 12.1. The Bertz CT molecular complexity index is 740. The number of carbonyl (C=O) groups is 1. The highest BCUT2D eigenvalue weighted by Gasteiger charge is 2.65. The van der Waals surface area contributed by atoms with Crippen LogP contribution >= 0.6 is 0 Å². The lowest BCUT2D eigenvalue weighted by molar-refractivity contribution is -0.121. The third-order valence-corrected chi connectivity index (χ3v) is 4.99. The highest BCUT2D eigenvalue weighted by molar-refractivity contribution is 5.88. The first-order chi connectivity index (χ1) is 10.2. The van der Waals surface area contributed by atoms with Crippen molar-refractivity contribution in [3.05, 3.63) is 35.4 Å². The fraction of sp³-hybridized carbons (Fsp3) is 0.375. The van der Waals surface area contributed by atoms with Gasteiger partial charge in [0.2, 0.25) is 5.54 Å². The van der Waals surface area contributed by atoms with Crippen LogP contribution in [0.3, 0.4) is 0 Å². The van der Waals surface area contributed by atoms with Crippen molar-refractivity contribution >= 4 is 12.0 Å². The Morgan fingerprint density at radius 2 is 2.05 bits per heavy atom. The van der Waals surface area contributed by atoms with Crippen molar-refractivity contribution in [2.45, 2.75) is 24.4 Å².